The zero-order valence-corrected chi connectivity index (χ0v) is 9.87. The Morgan fingerprint density at radius 2 is 1.60 bits per heavy atom. The van der Waals surface area contributed by atoms with E-state index >= 15 is 0 Å². The molecule has 0 amide bonds. The van der Waals surface area contributed by atoms with E-state index in [0.29, 0.717) is 15.1 Å². The Balaban J connectivity index is 2.69. The van der Waals surface area contributed by atoms with Gasteiger partial charge < -0.3 is 0 Å². The molecule has 0 fully saturated rings. The summed E-state index contributed by atoms with van der Waals surface area (Å²) in [5, 5.41) is 1.68. The van der Waals surface area contributed by atoms with Crippen molar-refractivity contribution in [1.29, 1.82) is 0 Å². The number of hydrogen-bond acceptors (Lipinski definition) is 0. The minimum Gasteiger partial charge on any atom is -0.0837 e. The van der Waals surface area contributed by atoms with Crippen LogP contribution in [0.4, 0.5) is 0 Å². The van der Waals surface area contributed by atoms with Crippen LogP contribution in [0.3, 0.4) is 0 Å². The molecule has 0 saturated heterocycles. The van der Waals surface area contributed by atoms with Gasteiger partial charge in [-0.2, -0.15) is 0 Å². The third kappa shape index (κ3) is 2.12. The van der Waals surface area contributed by atoms with Crippen LogP contribution in [0.5, 0.6) is 0 Å². The molecule has 0 N–H and O–H groups in total. The van der Waals surface area contributed by atoms with Crippen LogP contribution < -0.4 is 0 Å². The van der Waals surface area contributed by atoms with Crippen LogP contribution in [0.25, 0.3) is 11.1 Å². The highest BCUT2D eigenvalue weighted by Gasteiger charge is 2.10. The van der Waals surface area contributed by atoms with Crippen LogP contribution in [0.15, 0.2) is 36.4 Å². The average molecular weight is 257 g/mol. The van der Waals surface area contributed by atoms with E-state index < -0.39 is 0 Å². The van der Waals surface area contributed by atoms with Gasteiger partial charge in [-0.1, -0.05) is 59.1 Å². The smallest absolute Gasteiger partial charge is 0.0578 e. The fourth-order valence-corrected chi connectivity index (χ4v) is 2.16. The molecule has 0 atom stereocenters. The Morgan fingerprint density at radius 1 is 0.867 bits per heavy atom. The predicted molar refractivity (Wildman–Crippen MR) is 65.7 cm³/mol. The van der Waals surface area contributed by atoms with E-state index in [1.165, 1.54) is 0 Å². The van der Waals surface area contributed by atoms with E-state index in [2.05, 4.69) is 6.07 Å². The molecule has 0 aliphatic rings. The van der Waals surface area contributed by atoms with Gasteiger partial charge >= 0.3 is 0 Å². The Hall–Kier alpha value is -0.690. The maximum absolute atomic E-state index is 6.07. The fraction of sp³-hybridized carbons (Fsp3) is 0. The molecular weight excluding hydrogens is 250 g/mol. The molecular formula is C12H6Cl3. The lowest BCUT2D eigenvalue weighted by molar-refractivity contribution is 1.61. The largest absolute Gasteiger partial charge is 0.0837 e. The van der Waals surface area contributed by atoms with Crippen molar-refractivity contribution in [2.24, 2.45) is 0 Å². The standard InChI is InChI=1S/C12H6Cl3/c13-9-5-2-1-4-8(9)12-10(14)6-3-7-11(12)15/h1-6H. The molecule has 0 aliphatic carbocycles. The average Bonchev–Trinajstić information content (AvgIpc) is 2.20. The zero-order valence-electron chi connectivity index (χ0n) is 7.60. The number of halogens is 3. The Morgan fingerprint density at radius 3 is 2.27 bits per heavy atom. The first kappa shape index (κ1) is 10.8. The summed E-state index contributed by atoms with van der Waals surface area (Å²) in [5.74, 6) is 0. The zero-order chi connectivity index (χ0) is 10.8. The predicted octanol–water partition coefficient (Wildman–Crippen LogP) is 5.11. The highest BCUT2D eigenvalue weighted by molar-refractivity contribution is 6.41. The number of rotatable bonds is 1. The molecule has 2 rings (SSSR count). The Kier molecular flexibility index (Phi) is 3.20. The lowest BCUT2D eigenvalue weighted by Crippen LogP contribution is -1.82. The second-order valence-electron chi connectivity index (χ2n) is 2.99. The quantitative estimate of drug-likeness (QED) is 0.665. The molecule has 75 valence electrons. The SMILES string of the molecule is Clc1[c]ccc(Cl)c1-c1ccccc1Cl. The summed E-state index contributed by atoms with van der Waals surface area (Å²) >= 11 is 18.2. The van der Waals surface area contributed by atoms with Crippen molar-refractivity contribution in [2.75, 3.05) is 0 Å². The number of benzene rings is 2. The molecule has 0 heterocycles. The fourth-order valence-electron chi connectivity index (χ4n) is 1.36. The summed E-state index contributed by atoms with van der Waals surface area (Å²) < 4.78 is 0. The van der Waals surface area contributed by atoms with Crippen molar-refractivity contribution >= 4 is 34.8 Å². The third-order valence-corrected chi connectivity index (χ3v) is 2.98. The molecule has 3 heteroatoms. The molecule has 0 unspecified atom stereocenters. The van der Waals surface area contributed by atoms with E-state index in [1.807, 2.05) is 18.2 Å². The van der Waals surface area contributed by atoms with Crippen molar-refractivity contribution in [1.82, 2.24) is 0 Å². The van der Waals surface area contributed by atoms with Crippen molar-refractivity contribution in [3.63, 3.8) is 0 Å². The summed E-state index contributed by atoms with van der Waals surface area (Å²) in [6.07, 6.45) is 0. The van der Waals surface area contributed by atoms with Gasteiger partial charge in [-0.3, -0.25) is 0 Å². The van der Waals surface area contributed by atoms with Gasteiger partial charge in [0.15, 0.2) is 0 Å². The third-order valence-electron chi connectivity index (χ3n) is 2.04. The van der Waals surface area contributed by atoms with Gasteiger partial charge in [0, 0.05) is 27.2 Å². The first-order chi connectivity index (χ1) is 7.20. The molecule has 15 heavy (non-hydrogen) atoms. The monoisotopic (exact) mass is 255 g/mol. The second kappa shape index (κ2) is 4.44. The van der Waals surface area contributed by atoms with E-state index in [1.54, 1.807) is 18.2 Å². The minimum atomic E-state index is 0.482. The van der Waals surface area contributed by atoms with Crippen LogP contribution in [0.2, 0.25) is 15.1 Å². The van der Waals surface area contributed by atoms with E-state index in [-0.39, 0.29) is 0 Å². The van der Waals surface area contributed by atoms with Crippen LogP contribution >= 0.6 is 34.8 Å². The van der Waals surface area contributed by atoms with Crippen molar-refractivity contribution in [2.45, 2.75) is 0 Å². The maximum atomic E-state index is 6.07. The van der Waals surface area contributed by atoms with Gasteiger partial charge in [-0.05, 0) is 12.1 Å². The molecule has 0 bridgehead atoms. The Labute approximate surface area is 103 Å². The van der Waals surface area contributed by atoms with Gasteiger partial charge in [0.1, 0.15) is 0 Å². The van der Waals surface area contributed by atoms with Gasteiger partial charge in [-0.25, -0.2) is 0 Å². The lowest BCUT2D eigenvalue weighted by Gasteiger charge is -2.08. The van der Waals surface area contributed by atoms with E-state index in [0.717, 1.165) is 11.1 Å². The van der Waals surface area contributed by atoms with Crippen LogP contribution in [-0.2, 0) is 0 Å². The van der Waals surface area contributed by atoms with Crippen LogP contribution in [0, 0.1) is 6.07 Å². The first-order valence-electron chi connectivity index (χ1n) is 4.30. The number of hydrogen-bond donors (Lipinski definition) is 0. The minimum absolute atomic E-state index is 0.482. The van der Waals surface area contributed by atoms with Crippen LogP contribution in [0.1, 0.15) is 0 Å². The highest BCUT2D eigenvalue weighted by atomic mass is 35.5. The summed E-state index contributed by atoms with van der Waals surface area (Å²) in [4.78, 5) is 0. The van der Waals surface area contributed by atoms with E-state index in [4.69, 9.17) is 34.8 Å². The van der Waals surface area contributed by atoms with Gasteiger partial charge in [-0.15, -0.1) is 0 Å². The van der Waals surface area contributed by atoms with Crippen LogP contribution in [-0.4, -0.2) is 0 Å². The topological polar surface area (TPSA) is 0 Å². The highest BCUT2D eigenvalue weighted by Crippen LogP contribution is 2.37. The Bertz CT molecular complexity index is 472. The van der Waals surface area contributed by atoms with E-state index in [9.17, 15) is 0 Å². The molecule has 2 aromatic rings. The molecule has 1 radical (unpaired) electrons. The maximum Gasteiger partial charge on any atom is 0.0578 e. The normalized spacial score (nSPS) is 10.3. The van der Waals surface area contributed by atoms with Crippen molar-refractivity contribution in [3.05, 3.63) is 57.5 Å². The second-order valence-corrected chi connectivity index (χ2v) is 4.19. The van der Waals surface area contributed by atoms with Gasteiger partial charge in [0.25, 0.3) is 0 Å². The molecule has 0 nitrogen and oxygen atoms in total. The molecule has 2 aromatic carbocycles. The summed E-state index contributed by atoms with van der Waals surface area (Å²) in [6, 6.07) is 13.7. The van der Waals surface area contributed by atoms with Crippen molar-refractivity contribution in [3.8, 4) is 11.1 Å². The first-order valence-corrected chi connectivity index (χ1v) is 5.44. The molecule has 0 aromatic heterocycles. The van der Waals surface area contributed by atoms with Crippen molar-refractivity contribution < 1.29 is 0 Å². The summed E-state index contributed by atoms with van der Waals surface area (Å²) in [7, 11) is 0. The molecule has 0 aliphatic heterocycles. The summed E-state index contributed by atoms with van der Waals surface area (Å²) in [6.45, 7) is 0. The molecule has 0 spiro atoms. The van der Waals surface area contributed by atoms with Gasteiger partial charge in [0.05, 0.1) is 5.02 Å². The van der Waals surface area contributed by atoms with Gasteiger partial charge in [0.2, 0.25) is 0 Å². The lowest BCUT2D eigenvalue weighted by atomic mass is 10.1. The molecule has 0 saturated carbocycles. The summed E-state index contributed by atoms with van der Waals surface area (Å²) in [5.41, 5.74) is 1.55.